The number of para-hydroxylation sites is 4. The third-order valence-corrected chi connectivity index (χ3v) is 11.2. The Balaban J connectivity index is 0.000000172. The van der Waals surface area contributed by atoms with Gasteiger partial charge < -0.3 is 19.8 Å². The van der Waals surface area contributed by atoms with E-state index in [1.807, 2.05) is 57.7 Å². The topological polar surface area (TPSA) is 116 Å². The number of nitrogens with one attached hydrogen (secondary N) is 2. The van der Waals surface area contributed by atoms with E-state index in [1.54, 1.807) is 24.3 Å². The molecule has 2 N–H and O–H groups in total. The molecule has 0 aliphatic carbocycles. The molecule has 6 aromatic rings. The highest BCUT2D eigenvalue weighted by molar-refractivity contribution is 5.96. The molecule has 8 rings (SSSR count). The van der Waals surface area contributed by atoms with Gasteiger partial charge in [0, 0.05) is 62.2 Å². The lowest BCUT2D eigenvalue weighted by Gasteiger charge is -2.32. The van der Waals surface area contributed by atoms with Gasteiger partial charge in [-0.1, -0.05) is 24.3 Å². The number of ketones is 2. The van der Waals surface area contributed by atoms with Crippen molar-refractivity contribution in [3.05, 3.63) is 141 Å². The number of aromatic nitrogens is 4. The Morgan fingerprint density at radius 2 is 0.893 bits per heavy atom. The first kappa shape index (κ1) is 38.8. The predicted octanol–water partition coefficient (Wildman–Crippen LogP) is 7.54. The fourth-order valence-corrected chi connectivity index (χ4v) is 8.16. The van der Waals surface area contributed by atoms with Crippen molar-refractivity contribution in [2.24, 2.45) is 0 Å². The van der Waals surface area contributed by atoms with Crippen molar-refractivity contribution >= 4 is 33.6 Å². The molecule has 0 saturated carbocycles. The molecule has 2 aromatic heterocycles. The monoisotopic (exact) mass is 762 g/mol. The summed E-state index contributed by atoms with van der Waals surface area (Å²) in [5.74, 6) is -0.539. The maximum Gasteiger partial charge on any atom is 0.326 e. The third kappa shape index (κ3) is 9.31. The number of hydrogen-bond donors (Lipinski definition) is 2. The number of rotatable bonds is 12. The van der Waals surface area contributed by atoms with Gasteiger partial charge in [-0.25, -0.2) is 18.4 Å². The second-order valence-electron chi connectivity index (χ2n) is 14.8. The molecule has 0 spiro atoms. The zero-order valence-corrected chi connectivity index (χ0v) is 31.5. The van der Waals surface area contributed by atoms with E-state index in [2.05, 4.69) is 19.8 Å². The first-order valence-corrected chi connectivity index (χ1v) is 19.6. The van der Waals surface area contributed by atoms with Gasteiger partial charge in [-0.15, -0.1) is 0 Å². The molecule has 12 heteroatoms. The van der Waals surface area contributed by atoms with Crippen molar-refractivity contribution in [3.8, 4) is 0 Å². The molecule has 2 fully saturated rings. The summed E-state index contributed by atoms with van der Waals surface area (Å²) in [6.45, 7) is 5.40. The van der Waals surface area contributed by atoms with Crippen molar-refractivity contribution in [2.45, 2.75) is 63.5 Å². The summed E-state index contributed by atoms with van der Waals surface area (Å²) in [6, 6.07) is 27.5. The largest absolute Gasteiger partial charge is 0.326 e. The number of fused-ring (bicyclic) bond motifs is 2. The summed E-state index contributed by atoms with van der Waals surface area (Å²) in [7, 11) is 0. The van der Waals surface area contributed by atoms with Crippen LogP contribution < -0.4 is 11.4 Å². The van der Waals surface area contributed by atoms with Crippen LogP contribution in [0.2, 0.25) is 0 Å². The minimum atomic E-state index is -0.325. The lowest BCUT2D eigenvalue weighted by molar-refractivity contribution is 0.0963. The number of carbonyl (C=O) groups excluding carboxylic acids is 2. The maximum absolute atomic E-state index is 12.9. The molecule has 0 atom stereocenters. The number of nitrogens with zero attached hydrogens (tertiary/aromatic N) is 4. The van der Waals surface area contributed by atoms with E-state index in [0.717, 1.165) is 99.9 Å². The Morgan fingerprint density at radius 3 is 1.27 bits per heavy atom. The molecule has 2 aliphatic rings. The molecule has 0 unspecified atom stereocenters. The molecule has 292 valence electrons. The zero-order chi connectivity index (χ0) is 39.0. The number of piperidine rings is 2. The van der Waals surface area contributed by atoms with Gasteiger partial charge >= 0.3 is 11.4 Å². The molecule has 4 heterocycles. The number of H-pyrrole nitrogens is 2. The van der Waals surface area contributed by atoms with Gasteiger partial charge in [0.05, 0.1) is 22.1 Å². The lowest BCUT2D eigenvalue weighted by atomic mass is 10.0. The summed E-state index contributed by atoms with van der Waals surface area (Å²) in [5.41, 5.74) is 4.77. The average molecular weight is 763 g/mol. The van der Waals surface area contributed by atoms with Crippen LogP contribution in [-0.2, 0) is 0 Å². The van der Waals surface area contributed by atoms with Crippen LogP contribution in [-0.4, -0.2) is 79.7 Å². The van der Waals surface area contributed by atoms with Gasteiger partial charge in [-0.05, 0) is 124 Å². The van der Waals surface area contributed by atoms with E-state index in [4.69, 9.17) is 0 Å². The van der Waals surface area contributed by atoms with Crippen LogP contribution >= 0.6 is 0 Å². The van der Waals surface area contributed by atoms with Crippen LogP contribution in [0.4, 0.5) is 8.78 Å². The summed E-state index contributed by atoms with van der Waals surface area (Å²) >= 11 is 0. The van der Waals surface area contributed by atoms with Crippen LogP contribution in [0.25, 0.3) is 22.1 Å². The SMILES string of the molecule is O=C(CCCN1CCC(n2c(=O)[nH]c3ccccc32)CC1)c1ccc(F)cc1.O=C(CCCN1CCC(n2c(=O)[nH]c3ccccc32)CC1)c1ccc(F)cc1. The summed E-state index contributed by atoms with van der Waals surface area (Å²) in [6.07, 6.45) is 6.20. The van der Waals surface area contributed by atoms with E-state index in [1.165, 1.54) is 24.3 Å². The Bertz CT molecular complexity index is 2200. The fraction of sp³-hybridized carbons (Fsp3) is 0.364. The van der Waals surface area contributed by atoms with E-state index in [-0.39, 0.29) is 46.7 Å². The van der Waals surface area contributed by atoms with Crippen LogP contribution in [0.3, 0.4) is 0 Å². The van der Waals surface area contributed by atoms with E-state index in [9.17, 15) is 28.0 Å². The van der Waals surface area contributed by atoms with Gasteiger partial charge in [0.15, 0.2) is 11.6 Å². The molecular formula is C44H48F2N6O4. The highest BCUT2D eigenvalue weighted by Crippen LogP contribution is 2.26. The average Bonchev–Trinajstić information content (AvgIpc) is 3.74. The standard InChI is InChI=1S/2C22H24FN3O2/c2*23-17-9-7-16(8-10-17)21(27)6-3-13-25-14-11-18(12-15-25)26-20-5-2-1-4-19(20)24-22(26)28/h2*1-2,4-5,7-10,18H,3,6,11-15H2,(H,24,28). The molecule has 0 amide bonds. The van der Waals surface area contributed by atoms with E-state index < -0.39 is 0 Å². The number of aromatic amines is 2. The fourth-order valence-electron chi connectivity index (χ4n) is 8.16. The minimum absolute atomic E-state index is 0.0375. The molecule has 2 aliphatic heterocycles. The van der Waals surface area contributed by atoms with Crippen molar-refractivity contribution in [2.75, 3.05) is 39.3 Å². The predicted molar refractivity (Wildman–Crippen MR) is 214 cm³/mol. The highest BCUT2D eigenvalue weighted by Gasteiger charge is 2.25. The normalized spacial score (nSPS) is 15.9. The van der Waals surface area contributed by atoms with Gasteiger partial charge in [0.1, 0.15) is 11.6 Å². The first-order valence-electron chi connectivity index (χ1n) is 19.6. The number of carbonyl (C=O) groups is 2. The Kier molecular flexibility index (Phi) is 12.5. The van der Waals surface area contributed by atoms with Crippen molar-refractivity contribution < 1.29 is 18.4 Å². The van der Waals surface area contributed by atoms with Crippen LogP contribution in [0.1, 0.15) is 84.2 Å². The number of Topliss-reactive ketones (excluding diaryl/α,β-unsaturated/α-hetero) is 2. The Labute approximate surface area is 323 Å². The number of imidazole rings is 2. The smallest absolute Gasteiger partial charge is 0.306 e. The summed E-state index contributed by atoms with van der Waals surface area (Å²) in [5, 5.41) is 0. The van der Waals surface area contributed by atoms with Gasteiger partial charge in [-0.3, -0.25) is 18.7 Å². The van der Waals surface area contributed by atoms with Gasteiger partial charge in [0.25, 0.3) is 0 Å². The lowest BCUT2D eigenvalue weighted by Crippen LogP contribution is -2.37. The highest BCUT2D eigenvalue weighted by atomic mass is 19.1. The third-order valence-electron chi connectivity index (χ3n) is 11.2. The van der Waals surface area contributed by atoms with Crippen molar-refractivity contribution in [1.82, 2.24) is 28.9 Å². The van der Waals surface area contributed by atoms with Crippen molar-refractivity contribution in [1.29, 1.82) is 0 Å². The molecular weight excluding hydrogens is 715 g/mol. The summed E-state index contributed by atoms with van der Waals surface area (Å²) < 4.78 is 29.7. The maximum atomic E-state index is 12.9. The Hall–Kier alpha value is -5.46. The van der Waals surface area contributed by atoms with Gasteiger partial charge in [0.2, 0.25) is 0 Å². The quantitative estimate of drug-likeness (QED) is 0.125. The summed E-state index contributed by atoms with van der Waals surface area (Å²) in [4.78, 5) is 59.7. The molecule has 4 aromatic carbocycles. The van der Waals surface area contributed by atoms with Gasteiger partial charge in [-0.2, -0.15) is 0 Å². The molecule has 10 nitrogen and oxygen atoms in total. The first-order chi connectivity index (χ1) is 27.2. The number of benzene rings is 4. The second kappa shape index (κ2) is 18.0. The van der Waals surface area contributed by atoms with E-state index >= 15 is 0 Å². The molecule has 0 bridgehead atoms. The molecule has 56 heavy (non-hydrogen) atoms. The zero-order valence-electron chi connectivity index (χ0n) is 31.5. The number of likely N-dealkylation sites (tertiary alicyclic amines) is 2. The Morgan fingerprint density at radius 1 is 0.536 bits per heavy atom. The molecule has 2 saturated heterocycles. The van der Waals surface area contributed by atoms with Crippen LogP contribution in [0, 0.1) is 11.6 Å². The molecule has 0 radical (unpaired) electrons. The van der Waals surface area contributed by atoms with Crippen LogP contribution in [0.15, 0.2) is 107 Å². The minimum Gasteiger partial charge on any atom is -0.306 e. The number of hydrogen-bond acceptors (Lipinski definition) is 6. The van der Waals surface area contributed by atoms with Crippen molar-refractivity contribution in [3.63, 3.8) is 0 Å². The second-order valence-corrected chi connectivity index (χ2v) is 14.8. The van der Waals surface area contributed by atoms with Crippen LogP contribution in [0.5, 0.6) is 0 Å². The van der Waals surface area contributed by atoms with E-state index in [0.29, 0.717) is 24.0 Å². The number of halogens is 2.